The van der Waals surface area contributed by atoms with Gasteiger partial charge in [0.1, 0.15) is 6.33 Å². The molecule has 1 saturated heterocycles. The van der Waals surface area contributed by atoms with Crippen LogP contribution < -0.4 is 4.90 Å². The molecular weight excluding hydrogens is 245 g/mol. The molecule has 1 unspecified atom stereocenters. The molecule has 0 saturated carbocycles. The number of nitrogens with zero attached hydrogens (tertiary/aromatic N) is 5. The molecule has 1 atom stereocenters. The van der Waals surface area contributed by atoms with Gasteiger partial charge in [-0.1, -0.05) is 6.92 Å². The van der Waals surface area contributed by atoms with E-state index < -0.39 is 0 Å². The molecule has 1 fully saturated rings. The summed E-state index contributed by atoms with van der Waals surface area (Å²) < 4.78 is 13.9. The Labute approximate surface area is 112 Å². The number of aromatic nitrogens is 2. The SMILES string of the molecule is CCC(C#N)N1CCN(c2ncnc(C)c2F)CC1. The van der Waals surface area contributed by atoms with Gasteiger partial charge in [0, 0.05) is 26.2 Å². The lowest BCUT2D eigenvalue weighted by Gasteiger charge is -2.37. The van der Waals surface area contributed by atoms with Crippen LogP contribution in [0.3, 0.4) is 0 Å². The molecule has 0 amide bonds. The molecule has 1 aromatic rings. The zero-order chi connectivity index (χ0) is 13.8. The zero-order valence-electron chi connectivity index (χ0n) is 11.3. The largest absolute Gasteiger partial charge is 0.352 e. The minimum Gasteiger partial charge on any atom is -0.352 e. The van der Waals surface area contributed by atoms with Crippen LogP contribution in [-0.4, -0.2) is 47.1 Å². The molecule has 0 bridgehead atoms. The molecule has 0 aromatic carbocycles. The van der Waals surface area contributed by atoms with E-state index in [4.69, 9.17) is 5.26 Å². The van der Waals surface area contributed by atoms with Crippen LogP contribution in [0.15, 0.2) is 6.33 Å². The van der Waals surface area contributed by atoms with E-state index in [1.807, 2.05) is 11.8 Å². The molecule has 5 nitrogen and oxygen atoms in total. The average Bonchev–Trinajstić information content (AvgIpc) is 2.44. The molecule has 1 aliphatic heterocycles. The van der Waals surface area contributed by atoms with E-state index in [0.29, 0.717) is 24.6 Å². The third-order valence-electron chi connectivity index (χ3n) is 3.54. The standard InChI is InChI=1S/C13H18FN5/c1-3-11(8-15)18-4-6-19(7-5-18)13-12(14)10(2)16-9-17-13/h9,11H,3-7H2,1-2H3. The summed E-state index contributed by atoms with van der Waals surface area (Å²) in [6, 6.07) is 2.26. The van der Waals surface area contributed by atoms with Crippen molar-refractivity contribution in [2.75, 3.05) is 31.1 Å². The number of aryl methyl sites for hydroxylation is 1. The van der Waals surface area contributed by atoms with Crippen LogP contribution in [0.2, 0.25) is 0 Å². The van der Waals surface area contributed by atoms with Gasteiger partial charge < -0.3 is 4.90 Å². The Hall–Kier alpha value is -1.74. The second-order valence-electron chi connectivity index (χ2n) is 4.67. The van der Waals surface area contributed by atoms with Gasteiger partial charge in [0.25, 0.3) is 0 Å². The first-order valence-electron chi connectivity index (χ1n) is 6.53. The molecule has 0 spiro atoms. The van der Waals surface area contributed by atoms with Crippen molar-refractivity contribution in [3.8, 4) is 6.07 Å². The molecule has 2 rings (SSSR count). The van der Waals surface area contributed by atoms with Gasteiger partial charge in [-0.2, -0.15) is 5.26 Å². The van der Waals surface area contributed by atoms with Gasteiger partial charge in [-0.15, -0.1) is 0 Å². The summed E-state index contributed by atoms with van der Waals surface area (Å²) in [6.07, 6.45) is 2.21. The Bertz CT molecular complexity index is 476. The van der Waals surface area contributed by atoms with Crippen LogP contribution in [0.5, 0.6) is 0 Å². The molecule has 1 aliphatic rings. The van der Waals surface area contributed by atoms with Crippen molar-refractivity contribution >= 4 is 5.82 Å². The van der Waals surface area contributed by atoms with Crippen molar-refractivity contribution in [3.05, 3.63) is 17.8 Å². The van der Waals surface area contributed by atoms with Crippen molar-refractivity contribution in [1.82, 2.24) is 14.9 Å². The van der Waals surface area contributed by atoms with Crippen LogP contribution in [0.25, 0.3) is 0 Å². The smallest absolute Gasteiger partial charge is 0.186 e. The number of halogens is 1. The highest BCUT2D eigenvalue weighted by Gasteiger charge is 2.25. The van der Waals surface area contributed by atoms with E-state index >= 15 is 0 Å². The molecule has 102 valence electrons. The van der Waals surface area contributed by atoms with Crippen molar-refractivity contribution in [3.63, 3.8) is 0 Å². The number of hydrogen-bond donors (Lipinski definition) is 0. The van der Waals surface area contributed by atoms with Crippen molar-refractivity contribution in [2.45, 2.75) is 26.3 Å². The van der Waals surface area contributed by atoms with E-state index in [0.717, 1.165) is 19.5 Å². The second-order valence-corrected chi connectivity index (χ2v) is 4.67. The summed E-state index contributed by atoms with van der Waals surface area (Å²) in [4.78, 5) is 11.9. The maximum absolute atomic E-state index is 13.9. The van der Waals surface area contributed by atoms with Crippen LogP contribution in [0.1, 0.15) is 19.0 Å². The molecular formula is C13H18FN5. The summed E-state index contributed by atoms with van der Waals surface area (Å²) in [5.41, 5.74) is 0.371. The molecule has 1 aromatic heterocycles. The molecule has 19 heavy (non-hydrogen) atoms. The first kappa shape index (κ1) is 13.7. The quantitative estimate of drug-likeness (QED) is 0.824. The Morgan fingerprint density at radius 1 is 1.37 bits per heavy atom. The van der Waals surface area contributed by atoms with Crippen LogP contribution in [-0.2, 0) is 0 Å². The van der Waals surface area contributed by atoms with Crippen molar-refractivity contribution < 1.29 is 4.39 Å². The molecule has 0 aliphatic carbocycles. The summed E-state index contributed by atoms with van der Waals surface area (Å²) in [7, 11) is 0. The van der Waals surface area contributed by atoms with E-state index in [-0.39, 0.29) is 11.9 Å². The number of rotatable bonds is 3. The Balaban J connectivity index is 2.04. The first-order chi connectivity index (χ1) is 9.17. The maximum Gasteiger partial charge on any atom is 0.186 e. The van der Waals surface area contributed by atoms with E-state index in [2.05, 4.69) is 20.9 Å². The van der Waals surface area contributed by atoms with E-state index in [1.165, 1.54) is 6.33 Å². The lowest BCUT2D eigenvalue weighted by molar-refractivity contribution is 0.215. The fourth-order valence-electron chi connectivity index (χ4n) is 2.34. The summed E-state index contributed by atoms with van der Waals surface area (Å²) in [6.45, 7) is 6.54. The minimum atomic E-state index is -0.344. The predicted octanol–water partition coefficient (Wildman–Crippen LogP) is 1.35. The first-order valence-corrected chi connectivity index (χ1v) is 6.53. The number of anilines is 1. The highest BCUT2D eigenvalue weighted by molar-refractivity contribution is 5.41. The summed E-state index contributed by atoms with van der Waals surface area (Å²) in [5.74, 6) is 0.0282. The lowest BCUT2D eigenvalue weighted by atomic mass is 10.2. The number of nitriles is 1. The summed E-state index contributed by atoms with van der Waals surface area (Å²) in [5, 5.41) is 9.06. The normalized spacial score (nSPS) is 18.1. The monoisotopic (exact) mass is 263 g/mol. The van der Waals surface area contributed by atoms with Gasteiger partial charge >= 0.3 is 0 Å². The lowest BCUT2D eigenvalue weighted by Crippen LogP contribution is -2.50. The van der Waals surface area contributed by atoms with Crippen LogP contribution >= 0.6 is 0 Å². The third-order valence-corrected chi connectivity index (χ3v) is 3.54. The van der Waals surface area contributed by atoms with Gasteiger partial charge in [0.05, 0.1) is 17.8 Å². The molecule has 0 N–H and O–H groups in total. The number of piperazine rings is 1. The Kier molecular flexibility index (Phi) is 4.27. The van der Waals surface area contributed by atoms with Gasteiger partial charge in [-0.25, -0.2) is 14.4 Å². The van der Waals surface area contributed by atoms with Gasteiger partial charge in [0.2, 0.25) is 0 Å². The van der Waals surface area contributed by atoms with Crippen LogP contribution in [0, 0.1) is 24.1 Å². The highest BCUT2D eigenvalue weighted by atomic mass is 19.1. The predicted molar refractivity (Wildman–Crippen MR) is 70.2 cm³/mol. The summed E-state index contributed by atoms with van der Waals surface area (Å²) >= 11 is 0. The fourth-order valence-corrected chi connectivity index (χ4v) is 2.34. The van der Waals surface area contributed by atoms with Crippen molar-refractivity contribution in [1.29, 1.82) is 5.26 Å². The average molecular weight is 263 g/mol. The molecule has 2 heterocycles. The third kappa shape index (κ3) is 2.82. The van der Waals surface area contributed by atoms with Gasteiger partial charge in [0.15, 0.2) is 11.6 Å². The molecule has 6 heteroatoms. The van der Waals surface area contributed by atoms with Crippen molar-refractivity contribution in [2.24, 2.45) is 0 Å². The molecule has 0 radical (unpaired) electrons. The zero-order valence-corrected chi connectivity index (χ0v) is 11.3. The van der Waals surface area contributed by atoms with Gasteiger partial charge in [-0.3, -0.25) is 4.90 Å². The van der Waals surface area contributed by atoms with E-state index in [9.17, 15) is 4.39 Å². The van der Waals surface area contributed by atoms with Gasteiger partial charge in [-0.05, 0) is 13.3 Å². The minimum absolute atomic E-state index is 0.0425. The van der Waals surface area contributed by atoms with E-state index in [1.54, 1.807) is 6.92 Å². The van der Waals surface area contributed by atoms with Crippen LogP contribution in [0.4, 0.5) is 10.2 Å². The fraction of sp³-hybridized carbons (Fsp3) is 0.615. The maximum atomic E-state index is 13.9. The Morgan fingerprint density at radius 2 is 2.05 bits per heavy atom. The number of hydrogen-bond acceptors (Lipinski definition) is 5. The second kappa shape index (κ2) is 5.93. The Morgan fingerprint density at radius 3 is 2.63 bits per heavy atom. The highest BCUT2D eigenvalue weighted by Crippen LogP contribution is 2.19. The topological polar surface area (TPSA) is 56.1 Å².